The molecule has 0 aliphatic carbocycles. The lowest BCUT2D eigenvalue weighted by Gasteiger charge is -2.10. The molecule has 4 nitrogen and oxygen atoms in total. The SMILES string of the molecule is Cc1c(N)ncnc1Oc1ccc(C(F)(F)F)cc1. The monoisotopic (exact) mass is 269 g/mol. The Morgan fingerprint density at radius 3 is 2.32 bits per heavy atom. The number of rotatable bonds is 2. The summed E-state index contributed by atoms with van der Waals surface area (Å²) >= 11 is 0. The van der Waals surface area contributed by atoms with Crippen LogP contribution in [0.1, 0.15) is 11.1 Å². The predicted octanol–water partition coefficient (Wildman–Crippen LogP) is 3.18. The quantitative estimate of drug-likeness (QED) is 0.909. The molecule has 1 aromatic carbocycles. The number of aromatic nitrogens is 2. The topological polar surface area (TPSA) is 61.0 Å². The Morgan fingerprint density at radius 2 is 1.74 bits per heavy atom. The summed E-state index contributed by atoms with van der Waals surface area (Å²) in [5, 5.41) is 0. The van der Waals surface area contributed by atoms with E-state index in [1.807, 2.05) is 0 Å². The van der Waals surface area contributed by atoms with Crippen LogP contribution in [0.4, 0.5) is 19.0 Å². The molecule has 1 aromatic heterocycles. The minimum Gasteiger partial charge on any atom is -0.439 e. The summed E-state index contributed by atoms with van der Waals surface area (Å²) in [5.41, 5.74) is 5.37. The second kappa shape index (κ2) is 4.75. The Hall–Kier alpha value is -2.31. The molecule has 2 aromatic rings. The van der Waals surface area contributed by atoms with Crippen LogP contribution in [0.15, 0.2) is 30.6 Å². The lowest BCUT2D eigenvalue weighted by molar-refractivity contribution is -0.137. The number of hydrogen-bond donors (Lipinski definition) is 1. The molecule has 0 atom stereocenters. The summed E-state index contributed by atoms with van der Waals surface area (Å²) in [6.45, 7) is 1.66. The van der Waals surface area contributed by atoms with Crippen molar-refractivity contribution in [3.8, 4) is 11.6 Å². The highest BCUT2D eigenvalue weighted by Gasteiger charge is 2.30. The van der Waals surface area contributed by atoms with Gasteiger partial charge in [-0.1, -0.05) is 0 Å². The van der Waals surface area contributed by atoms with E-state index in [2.05, 4.69) is 9.97 Å². The maximum atomic E-state index is 12.4. The third-order valence-corrected chi connectivity index (χ3v) is 2.47. The molecule has 2 rings (SSSR count). The van der Waals surface area contributed by atoms with Crippen molar-refractivity contribution in [2.24, 2.45) is 0 Å². The average Bonchev–Trinajstić information content (AvgIpc) is 2.35. The highest BCUT2D eigenvalue weighted by Crippen LogP contribution is 2.31. The molecule has 0 unspecified atom stereocenters. The van der Waals surface area contributed by atoms with Crippen molar-refractivity contribution in [3.63, 3.8) is 0 Å². The Bertz CT molecular complexity index is 582. The van der Waals surface area contributed by atoms with Crippen LogP contribution in [0.2, 0.25) is 0 Å². The first-order chi connectivity index (χ1) is 8.88. The molecule has 0 aliphatic heterocycles. The Balaban J connectivity index is 2.23. The Labute approximate surface area is 107 Å². The number of benzene rings is 1. The minimum absolute atomic E-state index is 0.215. The normalized spacial score (nSPS) is 11.4. The van der Waals surface area contributed by atoms with Crippen molar-refractivity contribution >= 4 is 5.82 Å². The maximum Gasteiger partial charge on any atom is 0.416 e. The second-order valence-electron chi connectivity index (χ2n) is 3.81. The maximum absolute atomic E-state index is 12.4. The van der Waals surface area contributed by atoms with Crippen LogP contribution in [-0.4, -0.2) is 9.97 Å². The van der Waals surface area contributed by atoms with Crippen molar-refractivity contribution in [1.82, 2.24) is 9.97 Å². The highest BCUT2D eigenvalue weighted by atomic mass is 19.4. The third kappa shape index (κ3) is 2.93. The smallest absolute Gasteiger partial charge is 0.416 e. The van der Waals surface area contributed by atoms with Gasteiger partial charge < -0.3 is 10.5 Å². The van der Waals surface area contributed by atoms with Crippen LogP contribution >= 0.6 is 0 Å². The molecule has 1 heterocycles. The standard InChI is InChI=1S/C12H10F3N3O/c1-7-10(16)17-6-18-11(7)19-9-4-2-8(3-5-9)12(13,14)15/h2-6H,1H3,(H2,16,17,18). The first kappa shape index (κ1) is 13.1. The van der Waals surface area contributed by atoms with Gasteiger partial charge in [-0.2, -0.15) is 13.2 Å². The van der Waals surface area contributed by atoms with Crippen LogP contribution in [0.3, 0.4) is 0 Å². The van der Waals surface area contributed by atoms with Gasteiger partial charge >= 0.3 is 6.18 Å². The molecular formula is C12H10F3N3O. The van der Waals surface area contributed by atoms with E-state index in [0.29, 0.717) is 5.56 Å². The van der Waals surface area contributed by atoms with Gasteiger partial charge in [-0.15, -0.1) is 0 Å². The Morgan fingerprint density at radius 1 is 1.11 bits per heavy atom. The molecule has 19 heavy (non-hydrogen) atoms. The minimum atomic E-state index is -4.37. The summed E-state index contributed by atoms with van der Waals surface area (Å²) in [6, 6.07) is 4.32. The van der Waals surface area contributed by atoms with Crippen molar-refractivity contribution < 1.29 is 17.9 Å². The number of halogens is 3. The van der Waals surface area contributed by atoms with E-state index in [4.69, 9.17) is 10.5 Å². The van der Waals surface area contributed by atoms with Crippen LogP contribution in [0.25, 0.3) is 0 Å². The fourth-order valence-corrected chi connectivity index (χ4v) is 1.37. The van der Waals surface area contributed by atoms with Gasteiger partial charge in [0.2, 0.25) is 5.88 Å². The molecule has 0 saturated heterocycles. The summed E-state index contributed by atoms with van der Waals surface area (Å²) in [6.07, 6.45) is -3.14. The summed E-state index contributed by atoms with van der Waals surface area (Å²) in [7, 11) is 0. The molecule has 0 radical (unpaired) electrons. The van der Waals surface area contributed by atoms with E-state index >= 15 is 0 Å². The molecule has 0 fully saturated rings. The van der Waals surface area contributed by atoms with E-state index in [1.54, 1.807) is 6.92 Å². The first-order valence-corrected chi connectivity index (χ1v) is 5.30. The molecule has 0 saturated carbocycles. The molecule has 2 N–H and O–H groups in total. The highest BCUT2D eigenvalue weighted by molar-refractivity contribution is 5.45. The molecule has 100 valence electrons. The lowest BCUT2D eigenvalue weighted by Crippen LogP contribution is -2.04. The van der Waals surface area contributed by atoms with Crippen molar-refractivity contribution in [2.45, 2.75) is 13.1 Å². The zero-order valence-electron chi connectivity index (χ0n) is 9.90. The molecule has 7 heteroatoms. The van der Waals surface area contributed by atoms with Crippen LogP contribution in [0.5, 0.6) is 11.6 Å². The van der Waals surface area contributed by atoms with Gasteiger partial charge in [0, 0.05) is 0 Å². The number of nitrogen functional groups attached to an aromatic ring is 1. The van der Waals surface area contributed by atoms with E-state index in [1.165, 1.54) is 18.5 Å². The zero-order chi connectivity index (χ0) is 14.0. The number of ether oxygens (including phenoxy) is 1. The fourth-order valence-electron chi connectivity index (χ4n) is 1.37. The van der Waals surface area contributed by atoms with Gasteiger partial charge in [0.05, 0.1) is 11.1 Å². The van der Waals surface area contributed by atoms with Crippen LogP contribution in [-0.2, 0) is 6.18 Å². The first-order valence-electron chi connectivity index (χ1n) is 5.30. The summed E-state index contributed by atoms with van der Waals surface area (Å²) in [4.78, 5) is 7.64. The van der Waals surface area contributed by atoms with E-state index < -0.39 is 11.7 Å². The van der Waals surface area contributed by atoms with Gasteiger partial charge in [-0.3, -0.25) is 0 Å². The van der Waals surface area contributed by atoms with E-state index in [0.717, 1.165) is 12.1 Å². The number of alkyl halides is 3. The lowest BCUT2D eigenvalue weighted by atomic mass is 10.2. The molecular weight excluding hydrogens is 259 g/mol. The fraction of sp³-hybridized carbons (Fsp3) is 0.167. The van der Waals surface area contributed by atoms with Crippen molar-refractivity contribution in [2.75, 3.05) is 5.73 Å². The largest absolute Gasteiger partial charge is 0.439 e. The molecule has 0 amide bonds. The average molecular weight is 269 g/mol. The molecule has 0 aliphatic rings. The third-order valence-electron chi connectivity index (χ3n) is 2.47. The molecule has 0 spiro atoms. The summed E-state index contributed by atoms with van der Waals surface area (Å²) < 4.78 is 42.5. The second-order valence-corrected chi connectivity index (χ2v) is 3.81. The van der Waals surface area contributed by atoms with Gasteiger partial charge in [0.15, 0.2) is 0 Å². The van der Waals surface area contributed by atoms with Crippen molar-refractivity contribution in [1.29, 1.82) is 0 Å². The number of nitrogens with zero attached hydrogens (tertiary/aromatic N) is 2. The van der Waals surface area contributed by atoms with Gasteiger partial charge in [0.25, 0.3) is 0 Å². The van der Waals surface area contributed by atoms with Gasteiger partial charge in [0.1, 0.15) is 17.9 Å². The summed E-state index contributed by atoms with van der Waals surface area (Å²) in [5.74, 6) is 0.721. The Kier molecular flexibility index (Phi) is 3.28. The number of hydrogen-bond acceptors (Lipinski definition) is 4. The van der Waals surface area contributed by atoms with E-state index in [-0.39, 0.29) is 17.4 Å². The molecule has 0 bridgehead atoms. The van der Waals surface area contributed by atoms with Crippen molar-refractivity contribution in [3.05, 3.63) is 41.7 Å². The van der Waals surface area contributed by atoms with E-state index in [9.17, 15) is 13.2 Å². The van der Waals surface area contributed by atoms with Gasteiger partial charge in [-0.25, -0.2) is 9.97 Å². The number of nitrogens with two attached hydrogens (primary N) is 1. The number of anilines is 1. The zero-order valence-corrected chi connectivity index (χ0v) is 9.90. The van der Waals surface area contributed by atoms with Gasteiger partial charge in [-0.05, 0) is 31.2 Å². The predicted molar refractivity (Wildman–Crippen MR) is 62.7 cm³/mol. The van der Waals surface area contributed by atoms with Crippen LogP contribution in [0, 0.1) is 6.92 Å². The van der Waals surface area contributed by atoms with Crippen LogP contribution < -0.4 is 10.5 Å².